The third-order valence-electron chi connectivity index (χ3n) is 4.11. The summed E-state index contributed by atoms with van der Waals surface area (Å²) >= 11 is 0. The first-order chi connectivity index (χ1) is 12.7. The molecule has 0 aliphatic rings. The van der Waals surface area contributed by atoms with Gasteiger partial charge in [0.15, 0.2) is 11.4 Å². The Hall–Kier alpha value is -3.13. The van der Waals surface area contributed by atoms with Crippen molar-refractivity contribution in [1.82, 2.24) is 19.6 Å². The Labute approximate surface area is 149 Å². The second kappa shape index (κ2) is 6.64. The summed E-state index contributed by atoms with van der Waals surface area (Å²) in [5, 5.41) is 5.31. The highest BCUT2D eigenvalue weighted by Crippen LogP contribution is 2.32. The average molecular weight is 353 g/mol. The third kappa shape index (κ3) is 2.84. The third-order valence-corrected chi connectivity index (χ3v) is 4.11. The van der Waals surface area contributed by atoms with Gasteiger partial charge in [0.25, 0.3) is 0 Å². The van der Waals surface area contributed by atoms with E-state index in [0.29, 0.717) is 41.9 Å². The fourth-order valence-electron chi connectivity index (χ4n) is 2.62. The zero-order valence-corrected chi connectivity index (χ0v) is 14.5. The Morgan fingerprint density at radius 2 is 2.15 bits per heavy atom. The van der Waals surface area contributed by atoms with Crippen LogP contribution >= 0.6 is 0 Å². The molecule has 8 nitrogen and oxygen atoms in total. The number of pyridine rings is 1. The first-order valence-electron chi connectivity index (χ1n) is 8.30. The maximum Gasteiger partial charge on any atom is 0.231 e. The smallest absolute Gasteiger partial charge is 0.231 e. The molecule has 0 radical (unpaired) electrons. The molecule has 0 aliphatic heterocycles. The molecule has 1 atom stereocenters. The van der Waals surface area contributed by atoms with Crippen molar-refractivity contribution in [2.45, 2.75) is 6.92 Å². The number of hydrogen-bond donors (Lipinski definition) is 1. The van der Waals surface area contributed by atoms with Crippen molar-refractivity contribution in [1.29, 1.82) is 0 Å². The van der Waals surface area contributed by atoms with Gasteiger partial charge in [-0.2, -0.15) is 0 Å². The van der Waals surface area contributed by atoms with Crippen LogP contribution in [0.4, 0.5) is 0 Å². The first kappa shape index (κ1) is 16.3. The zero-order valence-electron chi connectivity index (χ0n) is 14.5. The van der Waals surface area contributed by atoms with E-state index in [4.69, 9.17) is 19.6 Å². The van der Waals surface area contributed by atoms with E-state index < -0.39 is 0 Å². The maximum absolute atomic E-state index is 5.94. The fourth-order valence-corrected chi connectivity index (χ4v) is 2.62. The van der Waals surface area contributed by atoms with Crippen LogP contribution in [0, 0.1) is 5.92 Å². The van der Waals surface area contributed by atoms with Crippen LogP contribution in [0.2, 0.25) is 0 Å². The van der Waals surface area contributed by atoms with Crippen molar-refractivity contribution in [2.75, 3.05) is 20.3 Å². The van der Waals surface area contributed by atoms with E-state index in [1.165, 1.54) is 0 Å². The van der Waals surface area contributed by atoms with Crippen molar-refractivity contribution in [3.63, 3.8) is 0 Å². The van der Waals surface area contributed by atoms with Crippen molar-refractivity contribution in [2.24, 2.45) is 11.7 Å². The summed E-state index contributed by atoms with van der Waals surface area (Å²) < 4.78 is 18.6. The lowest BCUT2D eigenvalue weighted by molar-refractivity contribution is 0.251. The van der Waals surface area contributed by atoms with Crippen LogP contribution in [-0.2, 0) is 0 Å². The predicted octanol–water partition coefficient (Wildman–Crippen LogP) is 2.52. The van der Waals surface area contributed by atoms with E-state index in [1.54, 1.807) is 36.2 Å². The minimum atomic E-state index is 0.255. The topological polar surface area (TPSA) is 101 Å². The van der Waals surface area contributed by atoms with Crippen LogP contribution in [0.15, 0.2) is 41.1 Å². The van der Waals surface area contributed by atoms with E-state index in [0.717, 1.165) is 11.1 Å². The van der Waals surface area contributed by atoms with Gasteiger partial charge in [-0.1, -0.05) is 6.92 Å². The van der Waals surface area contributed by atoms with Crippen LogP contribution in [0.1, 0.15) is 6.92 Å². The molecule has 2 N–H and O–H groups in total. The van der Waals surface area contributed by atoms with E-state index in [1.807, 2.05) is 19.1 Å². The molecule has 4 rings (SSSR count). The molecule has 4 aromatic rings. The molecule has 0 aromatic carbocycles. The molecular formula is C18H19N5O3. The molecular weight excluding hydrogens is 334 g/mol. The number of nitrogens with zero attached hydrogens (tertiary/aromatic N) is 4. The fraction of sp³-hybridized carbons (Fsp3) is 0.278. The Morgan fingerprint density at radius 1 is 1.27 bits per heavy atom. The van der Waals surface area contributed by atoms with Crippen molar-refractivity contribution >= 4 is 16.6 Å². The lowest BCUT2D eigenvalue weighted by atomic mass is 10.2. The number of ether oxygens (including phenoxy) is 2. The van der Waals surface area contributed by atoms with Gasteiger partial charge in [0, 0.05) is 24.2 Å². The van der Waals surface area contributed by atoms with Crippen molar-refractivity contribution in [3.05, 3.63) is 36.7 Å². The summed E-state index contributed by atoms with van der Waals surface area (Å²) in [6.45, 7) is 3.09. The van der Waals surface area contributed by atoms with Gasteiger partial charge in [0.1, 0.15) is 11.3 Å². The Balaban J connectivity index is 1.74. The van der Waals surface area contributed by atoms with Crippen molar-refractivity contribution < 1.29 is 13.9 Å². The van der Waals surface area contributed by atoms with Gasteiger partial charge in [0.2, 0.25) is 11.8 Å². The standard InChI is InChI=1S/C18H19N5O3/c1-11(8-19)10-25-17-4-3-16-21-9-13(23(16)22-17)15-7-12-14(26-15)5-6-20-18(12)24-2/h3-7,9,11H,8,10,19H2,1-2H3. The summed E-state index contributed by atoms with van der Waals surface area (Å²) in [6, 6.07) is 7.31. The Kier molecular flexibility index (Phi) is 4.18. The number of methoxy groups -OCH3 is 1. The monoisotopic (exact) mass is 353 g/mol. The molecule has 1 unspecified atom stereocenters. The normalized spacial score (nSPS) is 12.6. The van der Waals surface area contributed by atoms with Crippen LogP contribution in [0.25, 0.3) is 28.1 Å². The van der Waals surface area contributed by atoms with Crippen LogP contribution in [0.3, 0.4) is 0 Å². The molecule has 0 spiro atoms. The molecule has 4 heterocycles. The average Bonchev–Trinajstić information content (AvgIpc) is 3.28. The number of rotatable bonds is 6. The Bertz CT molecular complexity index is 1060. The number of furan rings is 1. The summed E-state index contributed by atoms with van der Waals surface area (Å²) in [5.74, 6) is 1.90. The summed E-state index contributed by atoms with van der Waals surface area (Å²) in [4.78, 5) is 8.57. The Morgan fingerprint density at radius 3 is 2.96 bits per heavy atom. The molecule has 26 heavy (non-hydrogen) atoms. The largest absolute Gasteiger partial charge is 0.480 e. The number of nitrogens with two attached hydrogens (primary N) is 1. The predicted molar refractivity (Wildman–Crippen MR) is 96.3 cm³/mol. The van der Waals surface area contributed by atoms with Gasteiger partial charge in [-0.05, 0) is 18.7 Å². The quantitative estimate of drug-likeness (QED) is 0.568. The van der Waals surface area contributed by atoms with Crippen LogP contribution in [-0.4, -0.2) is 39.8 Å². The van der Waals surface area contributed by atoms with Crippen molar-refractivity contribution in [3.8, 4) is 23.2 Å². The SMILES string of the molecule is COc1nccc2oc(-c3cnc4ccc(OCC(C)CN)nn34)cc12. The van der Waals surface area contributed by atoms with Gasteiger partial charge in [-0.15, -0.1) is 5.10 Å². The molecule has 0 fully saturated rings. The minimum Gasteiger partial charge on any atom is -0.480 e. The second-order valence-electron chi connectivity index (χ2n) is 6.08. The highest BCUT2D eigenvalue weighted by atomic mass is 16.5. The molecule has 0 saturated heterocycles. The number of fused-ring (bicyclic) bond motifs is 2. The molecule has 4 aromatic heterocycles. The van der Waals surface area contributed by atoms with Crippen LogP contribution in [0.5, 0.6) is 11.8 Å². The summed E-state index contributed by atoms with van der Waals surface area (Å²) in [6.07, 6.45) is 3.36. The zero-order chi connectivity index (χ0) is 18.1. The lowest BCUT2D eigenvalue weighted by Crippen LogP contribution is -2.18. The second-order valence-corrected chi connectivity index (χ2v) is 6.08. The van der Waals surface area contributed by atoms with Crippen LogP contribution < -0.4 is 15.2 Å². The molecule has 0 saturated carbocycles. The first-order valence-corrected chi connectivity index (χ1v) is 8.30. The van der Waals surface area contributed by atoms with E-state index in [2.05, 4.69) is 15.1 Å². The highest BCUT2D eigenvalue weighted by Gasteiger charge is 2.16. The van der Waals surface area contributed by atoms with E-state index >= 15 is 0 Å². The van der Waals surface area contributed by atoms with E-state index in [9.17, 15) is 0 Å². The van der Waals surface area contributed by atoms with Gasteiger partial charge in [-0.25, -0.2) is 14.5 Å². The highest BCUT2D eigenvalue weighted by molar-refractivity contribution is 5.86. The summed E-state index contributed by atoms with van der Waals surface area (Å²) in [7, 11) is 1.58. The van der Waals surface area contributed by atoms with Gasteiger partial charge in [0.05, 0.1) is 25.3 Å². The molecule has 134 valence electrons. The van der Waals surface area contributed by atoms with E-state index in [-0.39, 0.29) is 5.92 Å². The molecule has 0 aliphatic carbocycles. The number of hydrogen-bond acceptors (Lipinski definition) is 7. The lowest BCUT2D eigenvalue weighted by Gasteiger charge is -2.10. The van der Waals surface area contributed by atoms with Gasteiger partial charge in [-0.3, -0.25) is 0 Å². The molecule has 8 heteroatoms. The number of aromatic nitrogens is 4. The summed E-state index contributed by atoms with van der Waals surface area (Å²) in [5.41, 5.74) is 7.73. The maximum atomic E-state index is 5.94. The van der Waals surface area contributed by atoms with Gasteiger partial charge < -0.3 is 19.6 Å². The van der Waals surface area contributed by atoms with Gasteiger partial charge >= 0.3 is 0 Å². The minimum absolute atomic E-state index is 0.255. The molecule has 0 amide bonds. The molecule has 0 bridgehead atoms. The number of imidazole rings is 1.